The van der Waals surface area contributed by atoms with Gasteiger partial charge in [0.1, 0.15) is 0 Å². The molecule has 0 saturated carbocycles. The minimum absolute atomic E-state index is 0.0661. The van der Waals surface area contributed by atoms with Gasteiger partial charge in [0.25, 0.3) is 0 Å². The van der Waals surface area contributed by atoms with E-state index in [4.69, 9.17) is 16.7 Å². The number of aromatic nitrogens is 2. The summed E-state index contributed by atoms with van der Waals surface area (Å²) in [4.78, 5) is 10.4. The number of rotatable bonds is 4. The molecule has 0 unspecified atom stereocenters. The van der Waals surface area contributed by atoms with Gasteiger partial charge in [-0.3, -0.25) is 9.48 Å². The van der Waals surface area contributed by atoms with Gasteiger partial charge in [-0.2, -0.15) is 5.10 Å². The summed E-state index contributed by atoms with van der Waals surface area (Å²) in [6.07, 6.45) is 3.58. The van der Waals surface area contributed by atoms with Crippen molar-refractivity contribution in [1.82, 2.24) is 9.78 Å². The highest BCUT2D eigenvalue weighted by Gasteiger charge is 2.03. The number of nitrogens with zero attached hydrogens (tertiary/aromatic N) is 2. The van der Waals surface area contributed by atoms with Crippen LogP contribution >= 0.6 is 11.6 Å². The number of carboxylic acids is 1. The molecule has 0 aliphatic rings. The molecule has 17 heavy (non-hydrogen) atoms. The number of hydrogen-bond acceptors (Lipinski definition) is 2. The van der Waals surface area contributed by atoms with E-state index in [0.29, 0.717) is 11.6 Å². The molecule has 1 aromatic heterocycles. The fourth-order valence-electron chi connectivity index (χ4n) is 1.51. The standard InChI is InChI=1S/C12H11ClN2O2/c13-11-3-1-2-9(6-11)10-7-14-15(8-10)5-4-12(16)17/h1-3,6-8H,4-5H2,(H,16,17). The summed E-state index contributed by atoms with van der Waals surface area (Å²) in [5.41, 5.74) is 1.90. The van der Waals surface area contributed by atoms with Gasteiger partial charge in [-0.15, -0.1) is 0 Å². The van der Waals surface area contributed by atoms with Crippen molar-refractivity contribution in [2.75, 3.05) is 0 Å². The van der Waals surface area contributed by atoms with Crippen LogP contribution in [0.25, 0.3) is 11.1 Å². The van der Waals surface area contributed by atoms with Gasteiger partial charge in [0.15, 0.2) is 0 Å². The first-order valence-electron chi connectivity index (χ1n) is 5.15. The molecule has 2 rings (SSSR count). The lowest BCUT2D eigenvalue weighted by molar-refractivity contribution is -0.137. The Morgan fingerprint density at radius 1 is 1.41 bits per heavy atom. The highest BCUT2D eigenvalue weighted by atomic mass is 35.5. The molecule has 88 valence electrons. The van der Waals surface area contributed by atoms with Gasteiger partial charge < -0.3 is 5.11 Å². The summed E-state index contributed by atoms with van der Waals surface area (Å²) in [6.45, 7) is 0.371. The first-order valence-corrected chi connectivity index (χ1v) is 5.53. The van der Waals surface area contributed by atoms with Gasteiger partial charge in [-0.1, -0.05) is 23.7 Å². The van der Waals surface area contributed by atoms with Crippen molar-refractivity contribution in [3.05, 3.63) is 41.7 Å². The maximum atomic E-state index is 10.4. The number of aryl methyl sites for hydroxylation is 1. The van der Waals surface area contributed by atoms with Crippen LogP contribution in [0.5, 0.6) is 0 Å². The Bertz CT molecular complexity index is 537. The van der Waals surface area contributed by atoms with Crippen LogP contribution in [-0.4, -0.2) is 20.9 Å². The van der Waals surface area contributed by atoms with E-state index in [-0.39, 0.29) is 6.42 Å². The quantitative estimate of drug-likeness (QED) is 0.908. The van der Waals surface area contributed by atoms with Gasteiger partial charge in [0.05, 0.1) is 19.2 Å². The van der Waals surface area contributed by atoms with Crippen molar-refractivity contribution < 1.29 is 9.90 Å². The normalized spacial score (nSPS) is 10.4. The molecule has 0 saturated heterocycles. The second kappa shape index (κ2) is 5.01. The van der Waals surface area contributed by atoms with Crippen molar-refractivity contribution in [2.45, 2.75) is 13.0 Å². The summed E-state index contributed by atoms with van der Waals surface area (Å²) in [5.74, 6) is -0.829. The molecule has 0 bridgehead atoms. The summed E-state index contributed by atoms with van der Waals surface area (Å²) in [5, 5.41) is 13.3. The molecule has 2 aromatic rings. The van der Waals surface area contributed by atoms with Gasteiger partial charge >= 0.3 is 5.97 Å². The third kappa shape index (κ3) is 3.07. The summed E-state index contributed by atoms with van der Waals surface area (Å²) in [7, 11) is 0. The Balaban J connectivity index is 2.15. The van der Waals surface area contributed by atoms with Gasteiger partial charge in [0, 0.05) is 16.8 Å². The van der Waals surface area contributed by atoms with Crippen LogP contribution in [0.3, 0.4) is 0 Å². The Labute approximate surface area is 103 Å². The average Bonchev–Trinajstić information content (AvgIpc) is 2.75. The van der Waals surface area contributed by atoms with Crippen LogP contribution < -0.4 is 0 Å². The maximum Gasteiger partial charge on any atom is 0.305 e. The Morgan fingerprint density at radius 2 is 2.24 bits per heavy atom. The van der Waals surface area contributed by atoms with Crippen LogP contribution in [0.15, 0.2) is 36.7 Å². The SMILES string of the molecule is O=C(O)CCn1cc(-c2cccc(Cl)c2)cn1. The topological polar surface area (TPSA) is 55.1 Å². The van der Waals surface area contributed by atoms with E-state index in [1.54, 1.807) is 16.9 Å². The molecule has 0 amide bonds. The zero-order valence-corrected chi connectivity index (χ0v) is 9.76. The van der Waals surface area contributed by atoms with E-state index in [1.807, 2.05) is 24.4 Å². The van der Waals surface area contributed by atoms with Crippen LogP contribution in [0, 0.1) is 0 Å². The third-order valence-corrected chi connectivity index (χ3v) is 2.58. The molecule has 1 heterocycles. The van der Waals surface area contributed by atoms with Crippen molar-refractivity contribution in [1.29, 1.82) is 0 Å². The Kier molecular flexibility index (Phi) is 3.44. The number of halogens is 1. The van der Waals surface area contributed by atoms with Crippen LogP contribution in [0.1, 0.15) is 6.42 Å². The fourth-order valence-corrected chi connectivity index (χ4v) is 1.70. The van der Waals surface area contributed by atoms with Gasteiger partial charge in [-0.25, -0.2) is 0 Å². The van der Waals surface area contributed by atoms with Crippen LogP contribution in [0.2, 0.25) is 5.02 Å². The monoisotopic (exact) mass is 250 g/mol. The summed E-state index contributed by atoms with van der Waals surface area (Å²) >= 11 is 5.90. The average molecular weight is 251 g/mol. The number of benzene rings is 1. The Morgan fingerprint density at radius 3 is 2.94 bits per heavy atom. The smallest absolute Gasteiger partial charge is 0.305 e. The van der Waals surface area contributed by atoms with Crippen molar-refractivity contribution in [3.63, 3.8) is 0 Å². The molecule has 1 aromatic carbocycles. The Hall–Kier alpha value is -1.81. The molecule has 0 atom stereocenters. The predicted molar refractivity (Wildman–Crippen MR) is 64.9 cm³/mol. The van der Waals surface area contributed by atoms with E-state index in [0.717, 1.165) is 11.1 Å². The van der Waals surface area contributed by atoms with Gasteiger partial charge in [-0.05, 0) is 17.7 Å². The molecule has 0 radical (unpaired) electrons. The predicted octanol–water partition coefficient (Wildman–Crippen LogP) is 2.68. The molecule has 5 heteroatoms. The van der Waals surface area contributed by atoms with Crippen molar-refractivity contribution in [2.24, 2.45) is 0 Å². The van der Waals surface area contributed by atoms with E-state index in [9.17, 15) is 4.79 Å². The van der Waals surface area contributed by atoms with Crippen LogP contribution in [-0.2, 0) is 11.3 Å². The fraction of sp³-hybridized carbons (Fsp3) is 0.167. The molecular weight excluding hydrogens is 240 g/mol. The van der Waals surface area contributed by atoms with Gasteiger partial charge in [0.2, 0.25) is 0 Å². The molecule has 0 spiro atoms. The van der Waals surface area contributed by atoms with Crippen molar-refractivity contribution in [3.8, 4) is 11.1 Å². The first kappa shape index (κ1) is 11.7. The number of hydrogen-bond donors (Lipinski definition) is 1. The zero-order chi connectivity index (χ0) is 12.3. The van der Waals surface area contributed by atoms with E-state index in [2.05, 4.69) is 5.10 Å². The summed E-state index contributed by atoms with van der Waals surface area (Å²) in [6, 6.07) is 7.46. The molecule has 0 aliphatic heterocycles. The molecule has 0 fully saturated rings. The highest BCUT2D eigenvalue weighted by Crippen LogP contribution is 2.21. The second-order valence-electron chi connectivity index (χ2n) is 3.65. The number of aliphatic carboxylic acids is 1. The van der Waals surface area contributed by atoms with E-state index >= 15 is 0 Å². The van der Waals surface area contributed by atoms with Crippen LogP contribution in [0.4, 0.5) is 0 Å². The minimum atomic E-state index is -0.829. The molecule has 1 N–H and O–H groups in total. The highest BCUT2D eigenvalue weighted by molar-refractivity contribution is 6.30. The second-order valence-corrected chi connectivity index (χ2v) is 4.08. The first-order chi connectivity index (χ1) is 8.15. The van der Waals surface area contributed by atoms with Crippen molar-refractivity contribution >= 4 is 17.6 Å². The lowest BCUT2D eigenvalue weighted by Crippen LogP contribution is -2.04. The lowest BCUT2D eigenvalue weighted by atomic mass is 10.1. The zero-order valence-electron chi connectivity index (χ0n) is 9.01. The van der Waals surface area contributed by atoms with E-state index < -0.39 is 5.97 Å². The number of carboxylic acid groups (broad SMARTS) is 1. The maximum absolute atomic E-state index is 10.4. The minimum Gasteiger partial charge on any atom is -0.481 e. The van der Waals surface area contributed by atoms with E-state index in [1.165, 1.54) is 0 Å². The lowest BCUT2D eigenvalue weighted by Gasteiger charge is -1.98. The largest absolute Gasteiger partial charge is 0.481 e. The third-order valence-electron chi connectivity index (χ3n) is 2.35. The molecule has 4 nitrogen and oxygen atoms in total. The number of carbonyl (C=O) groups is 1. The molecule has 0 aliphatic carbocycles. The molecular formula is C12H11ClN2O2. The summed E-state index contributed by atoms with van der Waals surface area (Å²) < 4.78 is 1.62.